The number of hydrogen-bond acceptors (Lipinski definition) is 6. The van der Waals surface area contributed by atoms with E-state index in [4.69, 9.17) is 4.74 Å². The molecule has 2 rings (SSSR count). The van der Waals surface area contributed by atoms with Crippen LogP contribution in [-0.2, 0) is 20.8 Å². The van der Waals surface area contributed by atoms with Crippen LogP contribution in [0.5, 0.6) is 5.75 Å². The van der Waals surface area contributed by atoms with E-state index in [2.05, 4.69) is 5.32 Å². The molecule has 0 saturated carbocycles. The van der Waals surface area contributed by atoms with Gasteiger partial charge in [0.15, 0.2) is 11.6 Å². The molecule has 0 aliphatic heterocycles. The topological polar surface area (TPSA) is 128 Å². The summed E-state index contributed by atoms with van der Waals surface area (Å²) in [5, 5.41) is 14.4. The lowest BCUT2D eigenvalue weighted by Crippen LogP contribution is -2.49. The van der Waals surface area contributed by atoms with Gasteiger partial charge in [0, 0.05) is 25.0 Å². The van der Waals surface area contributed by atoms with E-state index in [1.54, 1.807) is 0 Å². The molecule has 0 unspecified atom stereocenters. The molecule has 0 heterocycles. The average Bonchev–Trinajstić information content (AvgIpc) is 2.75. The fraction of sp³-hybridized carbons (Fsp3) is 0.250. The maximum Gasteiger partial charge on any atom is 0.471 e. The Morgan fingerprint density at radius 2 is 1.76 bits per heavy atom. The number of nitro benzene ring substituents is 1. The number of hydrogen-bond donors (Lipinski definition) is 2. The number of nitrogens with zero attached hydrogens (tertiary/aromatic N) is 1. The molecule has 2 aromatic rings. The van der Waals surface area contributed by atoms with Crippen LogP contribution in [0.4, 0.5) is 28.9 Å². The first-order valence-corrected chi connectivity index (χ1v) is 9.33. The minimum atomic E-state index is -5.30. The summed E-state index contributed by atoms with van der Waals surface area (Å²) in [6, 6.07) is 5.99. The number of non-ortho nitro benzene ring substituents is 1. The number of carbonyl (C=O) groups is 3. The van der Waals surface area contributed by atoms with Crippen LogP contribution in [0.15, 0.2) is 42.5 Å². The van der Waals surface area contributed by atoms with Crippen LogP contribution >= 0.6 is 0 Å². The normalized spacial score (nSPS) is 11.9. The molecule has 0 aliphatic rings. The van der Waals surface area contributed by atoms with Gasteiger partial charge in [-0.1, -0.05) is 25.1 Å². The van der Waals surface area contributed by atoms with Crippen molar-refractivity contribution in [3.8, 4) is 5.75 Å². The number of benzene rings is 2. The molecule has 2 amide bonds. The van der Waals surface area contributed by atoms with E-state index in [0.717, 1.165) is 30.3 Å². The van der Waals surface area contributed by atoms with Crippen LogP contribution in [0.1, 0.15) is 18.9 Å². The SMILES string of the molecule is CCC(=O)Oc1c(F)cccc1NC(=O)[C@H](Cc1ccc([N+](=O)[O-])cc1)NC(=O)C(F)(F)F. The number of esters is 1. The molecule has 33 heavy (non-hydrogen) atoms. The summed E-state index contributed by atoms with van der Waals surface area (Å²) in [6.45, 7) is 1.44. The van der Waals surface area contributed by atoms with E-state index < -0.39 is 52.9 Å². The van der Waals surface area contributed by atoms with E-state index in [9.17, 15) is 42.1 Å². The Kier molecular flexibility index (Phi) is 8.05. The van der Waals surface area contributed by atoms with Crippen molar-refractivity contribution in [1.29, 1.82) is 0 Å². The summed E-state index contributed by atoms with van der Waals surface area (Å²) in [5.74, 6) is -6.06. The average molecular weight is 471 g/mol. The number of para-hydroxylation sites is 1. The first kappa shape index (κ1) is 25.2. The molecule has 2 N–H and O–H groups in total. The molecule has 0 spiro atoms. The highest BCUT2D eigenvalue weighted by atomic mass is 19.4. The minimum Gasteiger partial charge on any atom is -0.421 e. The second kappa shape index (κ2) is 10.5. The maximum absolute atomic E-state index is 14.1. The Labute approximate surface area is 183 Å². The fourth-order valence-electron chi connectivity index (χ4n) is 2.56. The number of rotatable bonds is 8. The summed E-state index contributed by atoms with van der Waals surface area (Å²) in [6.07, 6.45) is -5.90. The zero-order valence-electron chi connectivity index (χ0n) is 16.9. The van der Waals surface area contributed by atoms with Crippen LogP contribution in [0, 0.1) is 15.9 Å². The molecule has 9 nitrogen and oxygen atoms in total. The lowest BCUT2D eigenvalue weighted by molar-refractivity contribution is -0.384. The van der Waals surface area contributed by atoms with Crippen molar-refractivity contribution in [1.82, 2.24) is 5.32 Å². The van der Waals surface area contributed by atoms with Gasteiger partial charge in [0.1, 0.15) is 6.04 Å². The molecule has 0 bridgehead atoms. The molecule has 0 saturated heterocycles. The number of alkyl halides is 3. The van der Waals surface area contributed by atoms with Gasteiger partial charge >= 0.3 is 18.1 Å². The van der Waals surface area contributed by atoms with Crippen LogP contribution < -0.4 is 15.4 Å². The van der Waals surface area contributed by atoms with Crippen molar-refractivity contribution in [2.45, 2.75) is 32.0 Å². The van der Waals surface area contributed by atoms with Gasteiger partial charge in [-0.15, -0.1) is 0 Å². The van der Waals surface area contributed by atoms with E-state index in [0.29, 0.717) is 0 Å². The number of ether oxygens (including phenoxy) is 1. The van der Waals surface area contributed by atoms with E-state index in [1.807, 2.05) is 0 Å². The number of amides is 2. The number of nitrogens with one attached hydrogen (secondary N) is 2. The molecular weight excluding hydrogens is 454 g/mol. The third-order valence-corrected chi connectivity index (χ3v) is 4.20. The highest BCUT2D eigenvalue weighted by Gasteiger charge is 2.41. The molecule has 0 radical (unpaired) electrons. The number of anilines is 1. The largest absolute Gasteiger partial charge is 0.471 e. The zero-order chi connectivity index (χ0) is 24.8. The summed E-state index contributed by atoms with van der Waals surface area (Å²) in [7, 11) is 0. The van der Waals surface area contributed by atoms with Gasteiger partial charge in [-0.2, -0.15) is 13.2 Å². The van der Waals surface area contributed by atoms with E-state index in [-0.39, 0.29) is 23.4 Å². The second-order valence-electron chi connectivity index (χ2n) is 6.58. The van der Waals surface area contributed by atoms with Crippen LogP contribution in [-0.4, -0.2) is 34.9 Å². The summed E-state index contributed by atoms with van der Waals surface area (Å²) < 4.78 is 57.2. The van der Waals surface area contributed by atoms with Crippen molar-refractivity contribution < 1.29 is 41.6 Å². The molecular formula is C20H17F4N3O6. The summed E-state index contributed by atoms with van der Waals surface area (Å²) >= 11 is 0. The quantitative estimate of drug-likeness (QED) is 0.200. The highest BCUT2D eigenvalue weighted by Crippen LogP contribution is 2.28. The van der Waals surface area contributed by atoms with Gasteiger partial charge in [0.05, 0.1) is 10.6 Å². The van der Waals surface area contributed by atoms with Crippen molar-refractivity contribution in [3.05, 3.63) is 64.0 Å². The molecule has 2 aromatic carbocycles. The summed E-state index contributed by atoms with van der Waals surface area (Å²) in [5.41, 5.74) is -0.446. The zero-order valence-corrected chi connectivity index (χ0v) is 16.9. The fourth-order valence-corrected chi connectivity index (χ4v) is 2.56. The number of nitro groups is 1. The smallest absolute Gasteiger partial charge is 0.421 e. The van der Waals surface area contributed by atoms with Crippen LogP contribution in [0.25, 0.3) is 0 Å². The summed E-state index contributed by atoms with van der Waals surface area (Å²) in [4.78, 5) is 45.8. The van der Waals surface area contributed by atoms with Gasteiger partial charge < -0.3 is 15.4 Å². The molecule has 13 heteroatoms. The number of carbonyl (C=O) groups excluding carboxylic acids is 3. The Morgan fingerprint density at radius 1 is 1.12 bits per heavy atom. The third kappa shape index (κ3) is 6.98. The maximum atomic E-state index is 14.1. The lowest BCUT2D eigenvalue weighted by Gasteiger charge is -2.20. The Balaban J connectivity index is 2.32. The lowest BCUT2D eigenvalue weighted by atomic mass is 10.0. The predicted molar refractivity (Wildman–Crippen MR) is 106 cm³/mol. The van der Waals surface area contributed by atoms with Gasteiger partial charge in [-0.3, -0.25) is 24.5 Å². The predicted octanol–water partition coefficient (Wildman–Crippen LogP) is 3.28. The van der Waals surface area contributed by atoms with E-state index in [1.165, 1.54) is 24.4 Å². The van der Waals surface area contributed by atoms with Gasteiger partial charge in [0.25, 0.3) is 5.69 Å². The first-order valence-electron chi connectivity index (χ1n) is 9.33. The Bertz CT molecular complexity index is 1060. The molecule has 1 atom stereocenters. The monoisotopic (exact) mass is 471 g/mol. The van der Waals surface area contributed by atoms with Crippen molar-refractivity contribution in [3.63, 3.8) is 0 Å². The molecule has 0 aliphatic carbocycles. The van der Waals surface area contributed by atoms with E-state index >= 15 is 0 Å². The van der Waals surface area contributed by atoms with Crippen LogP contribution in [0.2, 0.25) is 0 Å². The van der Waals surface area contributed by atoms with Crippen molar-refractivity contribution in [2.75, 3.05) is 5.32 Å². The van der Waals surface area contributed by atoms with Gasteiger partial charge in [0.2, 0.25) is 5.91 Å². The van der Waals surface area contributed by atoms with Crippen LogP contribution in [0.3, 0.4) is 0 Å². The Morgan fingerprint density at radius 3 is 2.30 bits per heavy atom. The van der Waals surface area contributed by atoms with Crippen molar-refractivity contribution >= 4 is 29.2 Å². The molecule has 0 aromatic heterocycles. The standard InChI is InChI=1S/C20H17F4N3O6/c1-2-16(28)33-17-13(21)4-3-5-14(17)25-18(29)15(26-19(30)20(22,23)24)10-11-6-8-12(9-7-11)27(31)32/h3-9,15H,2,10H2,1H3,(H,25,29)(H,26,30)/t15-/m0/s1. The third-order valence-electron chi connectivity index (χ3n) is 4.20. The molecule has 176 valence electrons. The minimum absolute atomic E-state index is 0.119. The Hall–Kier alpha value is -4.03. The van der Waals surface area contributed by atoms with Gasteiger partial charge in [-0.25, -0.2) is 4.39 Å². The highest BCUT2D eigenvalue weighted by molar-refractivity contribution is 5.99. The van der Waals surface area contributed by atoms with Gasteiger partial charge in [-0.05, 0) is 17.7 Å². The number of halogens is 4. The second-order valence-corrected chi connectivity index (χ2v) is 6.58. The molecule has 0 fully saturated rings. The first-order chi connectivity index (χ1) is 15.4. The van der Waals surface area contributed by atoms with Crippen molar-refractivity contribution in [2.24, 2.45) is 0 Å².